The number of nitrogens with zero attached hydrogens (tertiary/aromatic N) is 3. The van der Waals surface area contributed by atoms with E-state index in [0.29, 0.717) is 13.1 Å². The third kappa shape index (κ3) is 3.17. The summed E-state index contributed by atoms with van der Waals surface area (Å²) in [7, 11) is 0. The van der Waals surface area contributed by atoms with Crippen LogP contribution in [-0.2, 0) is 0 Å². The average Bonchev–Trinajstić information content (AvgIpc) is 3.06. The van der Waals surface area contributed by atoms with Gasteiger partial charge in [-0.05, 0) is 43.7 Å². The number of anilines is 1. The Hall–Kier alpha value is -2.47. The van der Waals surface area contributed by atoms with Crippen molar-refractivity contribution in [2.45, 2.75) is 13.8 Å². The second-order valence-electron chi connectivity index (χ2n) is 6.71. The zero-order chi connectivity index (χ0) is 18.3. The topological polar surface area (TPSA) is 36.4 Å². The highest BCUT2D eigenvalue weighted by atomic mass is 32.1. The Balaban J connectivity index is 1.48. The van der Waals surface area contributed by atoms with Crippen LogP contribution in [0.25, 0.3) is 10.2 Å². The molecular formula is C20H20FN3OS. The van der Waals surface area contributed by atoms with Crippen molar-refractivity contribution in [1.29, 1.82) is 0 Å². The van der Waals surface area contributed by atoms with E-state index < -0.39 is 0 Å². The van der Waals surface area contributed by atoms with E-state index in [2.05, 4.69) is 9.88 Å². The third-order valence-corrected chi connectivity index (χ3v) is 5.88. The van der Waals surface area contributed by atoms with E-state index in [0.717, 1.165) is 45.1 Å². The normalized spacial score (nSPS) is 14.9. The number of thiazole rings is 1. The summed E-state index contributed by atoms with van der Waals surface area (Å²) in [5.74, 6) is -0.145. The highest BCUT2D eigenvalue weighted by Gasteiger charge is 2.24. The molecule has 0 unspecified atom stereocenters. The number of piperazine rings is 1. The fourth-order valence-electron chi connectivity index (χ4n) is 3.26. The lowest BCUT2D eigenvalue weighted by Crippen LogP contribution is -2.48. The molecule has 0 N–H and O–H groups in total. The number of hydrogen-bond acceptors (Lipinski definition) is 4. The molecule has 3 aromatic rings. The van der Waals surface area contributed by atoms with Crippen LogP contribution in [0.3, 0.4) is 0 Å². The van der Waals surface area contributed by atoms with Crippen LogP contribution in [0.4, 0.5) is 9.52 Å². The van der Waals surface area contributed by atoms with Crippen molar-refractivity contribution in [2.75, 3.05) is 31.1 Å². The maximum atomic E-state index is 13.4. The van der Waals surface area contributed by atoms with E-state index in [1.54, 1.807) is 6.07 Å². The Labute approximate surface area is 155 Å². The van der Waals surface area contributed by atoms with Crippen molar-refractivity contribution >= 4 is 32.6 Å². The van der Waals surface area contributed by atoms with E-state index >= 15 is 0 Å². The highest BCUT2D eigenvalue weighted by Crippen LogP contribution is 2.30. The van der Waals surface area contributed by atoms with Crippen LogP contribution < -0.4 is 4.90 Å². The fourth-order valence-corrected chi connectivity index (χ4v) is 4.30. The number of carbonyl (C=O) groups excluding carboxylic acids is 1. The summed E-state index contributed by atoms with van der Waals surface area (Å²) in [5.41, 5.74) is 3.71. The van der Waals surface area contributed by atoms with Gasteiger partial charge < -0.3 is 9.80 Å². The predicted octanol–water partition coefficient (Wildman–Crippen LogP) is 4.01. The molecule has 2 heterocycles. The number of halogens is 1. The molecule has 4 nitrogen and oxygen atoms in total. The number of rotatable bonds is 2. The van der Waals surface area contributed by atoms with Gasteiger partial charge in [0, 0.05) is 31.7 Å². The molecule has 6 heteroatoms. The smallest absolute Gasteiger partial charge is 0.254 e. The molecule has 0 aliphatic carbocycles. The van der Waals surface area contributed by atoms with Gasteiger partial charge >= 0.3 is 0 Å². The lowest BCUT2D eigenvalue weighted by atomic mass is 10.0. The Bertz CT molecular complexity index is 976. The minimum atomic E-state index is -0.239. The molecule has 1 fully saturated rings. The van der Waals surface area contributed by atoms with Crippen LogP contribution in [0.15, 0.2) is 36.4 Å². The minimum Gasteiger partial charge on any atom is -0.345 e. The van der Waals surface area contributed by atoms with Crippen molar-refractivity contribution in [2.24, 2.45) is 0 Å². The molecule has 1 aliphatic rings. The summed E-state index contributed by atoms with van der Waals surface area (Å²) in [5, 5.41) is 0.893. The first-order chi connectivity index (χ1) is 12.5. The Morgan fingerprint density at radius 1 is 1.08 bits per heavy atom. The van der Waals surface area contributed by atoms with E-state index in [1.165, 1.54) is 23.5 Å². The van der Waals surface area contributed by atoms with Gasteiger partial charge in [-0.1, -0.05) is 29.0 Å². The van der Waals surface area contributed by atoms with Crippen molar-refractivity contribution in [1.82, 2.24) is 9.88 Å². The molecule has 1 aromatic heterocycles. The van der Waals surface area contributed by atoms with Gasteiger partial charge in [-0.3, -0.25) is 4.79 Å². The van der Waals surface area contributed by atoms with Crippen LogP contribution in [0.2, 0.25) is 0 Å². The summed E-state index contributed by atoms with van der Waals surface area (Å²) in [6.45, 7) is 6.78. The number of aromatic nitrogens is 1. The molecule has 26 heavy (non-hydrogen) atoms. The van der Waals surface area contributed by atoms with Crippen molar-refractivity contribution in [3.63, 3.8) is 0 Å². The van der Waals surface area contributed by atoms with Gasteiger partial charge in [-0.25, -0.2) is 9.37 Å². The molecular weight excluding hydrogens is 349 g/mol. The van der Waals surface area contributed by atoms with E-state index in [-0.39, 0.29) is 11.7 Å². The predicted molar refractivity (Wildman–Crippen MR) is 104 cm³/mol. The van der Waals surface area contributed by atoms with Crippen LogP contribution >= 0.6 is 11.3 Å². The van der Waals surface area contributed by atoms with Gasteiger partial charge in [-0.2, -0.15) is 0 Å². The summed E-state index contributed by atoms with van der Waals surface area (Å²) in [6, 6.07) is 10.7. The Kier molecular flexibility index (Phi) is 4.36. The summed E-state index contributed by atoms with van der Waals surface area (Å²) in [4.78, 5) is 21.5. The second kappa shape index (κ2) is 6.68. The maximum absolute atomic E-state index is 13.4. The maximum Gasteiger partial charge on any atom is 0.254 e. The fraction of sp³-hybridized carbons (Fsp3) is 0.300. The van der Waals surface area contributed by atoms with Crippen LogP contribution in [0, 0.1) is 19.7 Å². The minimum absolute atomic E-state index is 0.0946. The molecule has 4 rings (SSSR count). The van der Waals surface area contributed by atoms with Gasteiger partial charge in [0.1, 0.15) is 5.82 Å². The van der Waals surface area contributed by atoms with Gasteiger partial charge in [-0.15, -0.1) is 0 Å². The van der Waals surface area contributed by atoms with E-state index in [1.807, 2.05) is 36.9 Å². The highest BCUT2D eigenvalue weighted by molar-refractivity contribution is 7.22. The van der Waals surface area contributed by atoms with Crippen LogP contribution in [0.1, 0.15) is 21.5 Å². The molecule has 1 aliphatic heterocycles. The SMILES string of the molecule is Cc1ccc(C)c(C(=O)N2CCN(c3nc4ccc(F)cc4s3)CC2)c1. The lowest BCUT2D eigenvalue weighted by molar-refractivity contribution is 0.0746. The molecule has 2 aromatic carbocycles. The molecule has 1 amide bonds. The summed E-state index contributed by atoms with van der Waals surface area (Å²) in [6.07, 6.45) is 0. The van der Waals surface area contributed by atoms with Gasteiger partial charge in [0.15, 0.2) is 5.13 Å². The lowest BCUT2D eigenvalue weighted by Gasteiger charge is -2.34. The Morgan fingerprint density at radius 2 is 1.85 bits per heavy atom. The first-order valence-electron chi connectivity index (χ1n) is 8.69. The zero-order valence-electron chi connectivity index (χ0n) is 14.8. The molecule has 0 bridgehead atoms. The number of benzene rings is 2. The van der Waals surface area contributed by atoms with Crippen molar-refractivity contribution in [3.8, 4) is 0 Å². The zero-order valence-corrected chi connectivity index (χ0v) is 15.6. The van der Waals surface area contributed by atoms with Gasteiger partial charge in [0.25, 0.3) is 5.91 Å². The number of hydrogen-bond donors (Lipinski definition) is 0. The first kappa shape index (κ1) is 17.0. The molecule has 0 saturated carbocycles. The Morgan fingerprint density at radius 3 is 2.62 bits per heavy atom. The number of fused-ring (bicyclic) bond motifs is 1. The van der Waals surface area contributed by atoms with Gasteiger partial charge in [0.2, 0.25) is 0 Å². The summed E-state index contributed by atoms with van der Waals surface area (Å²) >= 11 is 1.50. The second-order valence-corrected chi connectivity index (χ2v) is 7.72. The average molecular weight is 369 g/mol. The molecule has 0 radical (unpaired) electrons. The number of aryl methyl sites for hydroxylation is 2. The van der Waals surface area contributed by atoms with Gasteiger partial charge in [0.05, 0.1) is 10.2 Å². The third-order valence-electron chi connectivity index (χ3n) is 4.80. The van der Waals surface area contributed by atoms with Crippen LogP contribution in [0.5, 0.6) is 0 Å². The monoisotopic (exact) mass is 369 g/mol. The first-order valence-corrected chi connectivity index (χ1v) is 9.50. The number of amides is 1. The number of carbonyl (C=O) groups is 1. The molecule has 1 saturated heterocycles. The van der Waals surface area contributed by atoms with Crippen LogP contribution in [-0.4, -0.2) is 42.0 Å². The quantitative estimate of drug-likeness (QED) is 0.685. The summed E-state index contributed by atoms with van der Waals surface area (Å²) < 4.78 is 14.2. The van der Waals surface area contributed by atoms with E-state index in [9.17, 15) is 9.18 Å². The standard InChI is InChI=1S/C20H20FN3OS/c1-13-3-4-14(2)16(11-13)19(25)23-7-9-24(10-8-23)20-22-17-6-5-15(21)12-18(17)26-20/h3-6,11-12H,7-10H2,1-2H3. The van der Waals surface area contributed by atoms with E-state index in [4.69, 9.17) is 0 Å². The molecule has 134 valence electrons. The molecule has 0 spiro atoms. The molecule has 0 atom stereocenters. The van der Waals surface area contributed by atoms with Crippen molar-refractivity contribution in [3.05, 3.63) is 58.9 Å². The van der Waals surface area contributed by atoms with Crippen molar-refractivity contribution < 1.29 is 9.18 Å². The largest absolute Gasteiger partial charge is 0.345 e.